The predicted molar refractivity (Wildman–Crippen MR) is 61.1 cm³/mol. The van der Waals surface area contributed by atoms with Crippen molar-refractivity contribution in [3.05, 3.63) is 29.6 Å². The molecule has 2 N–H and O–H groups in total. The van der Waals surface area contributed by atoms with Crippen molar-refractivity contribution >= 4 is 11.0 Å². The van der Waals surface area contributed by atoms with Crippen molar-refractivity contribution in [1.29, 1.82) is 0 Å². The smallest absolute Gasteiger partial charge is 0.111 e. The zero-order chi connectivity index (χ0) is 10.3. The van der Waals surface area contributed by atoms with Gasteiger partial charge in [-0.15, -0.1) is 0 Å². The molecule has 1 unspecified atom stereocenters. The Hall–Kier alpha value is -1.35. The van der Waals surface area contributed by atoms with Gasteiger partial charge in [0.1, 0.15) is 5.82 Å². The molecular weight excluding hydrogens is 186 g/mol. The molecule has 0 spiro atoms. The zero-order valence-corrected chi connectivity index (χ0v) is 8.88. The van der Waals surface area contributed by atoms with Gasteiger partial charge in [-0.1, -0.05) is 12.1 Å². The number of imidazole rings is 1. The van der Waals surface area contributed by atoms with E-state index in [1.54, 1.807) is 0 Å². The number of para-hydroxylation sites is 1. The summed E-state index contributed by atoms with van der Waals surface area (Å²) in [7, 11) is 0. The Morgan fingerprint density at radius 3 is 3.07 bits per heavy atom. The maximum absolute atomic E-state index is 4.70. The second-order valence-corrected chi connectivity index (χ2v) is 4.28. The van der Waals surface area contributed by atoms with Crippen LogP contribution >= 0.6 is 0 Å². The molecule has 3 heteroatoms. The van der Waals surface area contributed by atoms with Gasteiger partial charge in [-0.25, -0.2) is 4.98 Å². The lowest BCUT2D eigenvalue weighted by Gasteiger charge is -2.01. The molecule has 1 aromatic carbocycles. The summed E-state index contributed by atoms with van der Waals surface area (Å²) in [6, 6.07) is 6.29. The SMILES string of the molecule is Cc1cccc2[nH]c(C3CCNC3)nc12. The van der Waals surface area contributed by atoms with E-state index in [2.05, 4.69) is 35.4 Å². The Balaban J connectivity index is 2.09. The molecule has 3 rings (SSSR count). The maximum Gasteiger partial charge on any atom is 0.111 e. The summed E-state index contributed by atoms with van der Waals surface area (Å²) in [6.45, 7) is 4.28. The first-order valence-corrected chi connectivity index (χ1v) is 5.50. The minimum atomic E-state index is 0.566. The Morgan fingerprint density at radius 2 is 2.33 bits per heavy atom. The zero-order valence-electron chi connectivity index (χ0n) is 8.88. The molecule has 1 aliphatic heterocycles. The average Bonchev–Trinajstić information content (AvgIpc) is 2.86. The van der Waals surface area contributed by atoms with Crippen LogP contribution in [0.15, 0.2) is 18.2 Å². The van der Waals surface area contributed by atoms with Gasteiger partial charge >= 0.3 is 0 Å². The molecule has 0 amide bonds. The van der Waals surface area contributed by atoms with Crippen LogP contribution in [0.5, 0.6) is 0 Å². The third kappa shape index (κ3) is 1.43. The number of aromatic nitrogens is 2. The number of aromatic amines is 1. The van der Waals surface area contributed by atoms with E-state index in [0.29, 0.717) is 5.92 Å². The Morgan fingerprint density at radius 1 is 1.40 bits per heavy atom. The number of nitrogens with one attached hydrogen (secondary N) is 2. The number of H-pyrrole nitrogens is 1. The van der Waals surface area contributed by atoms with Crippen molar-refractivity contribution in [3.63, 3.8) is 0 Å². The summed E-state index contributed by atoms with van der Waals surface area (Å²) in [4.78, 5) is 8.13. The number of rotatable bonds is 1. The lowest BCUT2D eigenvalue weighted by molar-refractivity contribution is 0.717. The second-order valence-electron chi connectivity index (χ2n) is 4.28. The second kappa shape index (κ2) is 3.35. The van der Waals surface area contributed by atoms with Crippen molar-refractivity contribution in [1.82, 2.24) is 15.3 Å². The summed E-state index contributed by atoms with van der Waals surface area (Å²) in [5.41, 5.74) is 3.54. The van der Waals surface area contributed by atoms with Gasteiger partial charge < -0.3 is 10.3 Å². The molecule has 78 valence electrons. The molecule has 1 atom stereocenters. The van der Waals surface area contributed by atoms with Gasteiger partial charge in [-0.05, 0) is 31.5 Å². The minimum absolute atomic E-state index is 0.566. The fraction of sp³-hybridized carbons (Fsp3) is 0.417. The summed E-state index contributed by atoms with van der Waals surface area (Å²) in [5, 5.41) is 3.37. The van der Waals surface area contributed by atoms with Crippen LogP contribution in [0.25, 0.3) is 11.0 Å². The summed E-state index contributed by atoms with van der Waals surface area (Å²) < 4.78 is 0. The fourth-order valence-electron chi connectivity index (χ4n) is 2.28. The number of benzene rings is 1. The van der Waals surface area contributed by atoms with Crippen molar-refractivity contribution in [3.8, 4) is 0 Å². The fourth-order valence-corrected chi connectivity index (χ4v) is 2.28. The first-order chi connectivity index (χ1) is 7.34. The molecular formula is C12H15N3. The van der Waals surface area contributed by atoms with Crippen LogP contribution in [0.1, 0.15) is 23.7 Å². The molecule has 0 bridgehead atoms. The topological polar surface area (TPSA) is 40.7 Å². The molecule has 2 aromatic rings. The monoisotopic (exact) mass is 201 g/mol. The van der Waals surface area contributed by atoms with Crippen molar-refractivity contribution in [2.45, 2.75) is 19.3 Å². The molecule has 1 fully saturated rings. The number of hydrogen-bond donors (Lipinski definition) is 2. The number of fused-ring (bicyclic) bond motifs is 1. The summed E-state index contributed by atoms with van der Waals surface area (Å²) in [6.07, 6.45) is 1.19. The molecule has 0 aliphatic carbocycles. The van der Waals surface area contributed by atoms with Crippen LogP contribution in [-0.2, 0) is 0 Å². The van der Waals surface area contributed by atoms with E-state index in [4.69, 9.17) is 4.98 Å². The Bertz CT molecular complexity index is 481. The third-order valence-electron chi connectivity index (χ3n) is 3.18. The van der Waals surface area contributed by atoms with Crippen LogP contribution < -0.4 is 5.32 Å². The highest BCUT2D eigenvalue weighted by Crippen LogP contribution is 2.23. The summed E-state index contributed by atoms with van der Waals surface area (Å²) in [5.74, 6) is 1.71. The summed E-state index contributed by atoms with van der Waals surface area (Å²) >= 11 is 0. The maximum atomic E-state index is 4.70. The van der Waals surface area contributed by atoms with E-state index >= 15 is 0 Å². The molecule has 15 heavy (non-hydrogen) atoms. The van der Waals surface area contributed by atoms with E-state index in [1.165, 1.54) is 12.0 Å². The van der Waals surface area contributed by atoms with Crippen LogP contribution in [0.3, 0.4) is 0 Å². The lowest BCUT2D eigenvalue weighted by atomic mass is 10.1. The molecule has 1 saturated heterocycles. The Labute approximate surface area is 88.9 Å². The first kappa shape index (κ1) is 8.92. The van der Waals surface area contributed by atoms with Gasteiger partial charge in [-0.3, -0.25) is 0 Å². The van der Waals surface area contributed by atoms with Gasteiger partial charge in [0.25, 0.3) is 0 Å². The number of aryl methyl sites for hydroxylation is 1. The van der Waals surface area contributed by atoms with Crippen molar-refractivity contribution in [2.24, 2.45) is 0 Å². The molecule has 0 saturated carbocycles. The van der Waals surface area contributed by atoms with Crippen LogP contribution in [0.4, 0.5) is 0 Å². The molecule has 1 aromatic heterocycles. The van der Waals surface area contributed by atoms with Gasteiger partial charge in [0.15, 0.2) is 0 Å². The minimum Gasteiger partial charge on any atom is -0.342 e. The van der Waals surface area contributed by atoms with Crippen molar-refractivity contribution < 1.29 is 0 Å². The lowest BCUT2D eigenvalue weighted by Crippen LogP contribution is -2.08. The van der Waals surface area contributed by atoms with E-state index in [-0.39, 0.29) is 0 Å². The van der Waals surface area contributed by atoms with Gasteiger partial charge in [0.2, 0.25) is 0 Å². The standard InChI is InChI=1S/C12H15N3/c1-8-3-2-4-10-11(8)15-12(14-10)9-5-6-13-7-9/h2-4,9,13H,5-7H2,1H3,(H,14,15). The van der Waals surface area contributed by atoms with Gasteiger partial charge in [0, 0.05) is 12.5 Å². The third-order valence-corrected chi connectivity index (χ3v) is 3.18. The Kier molecular flexibility index (Phi) is 1.99. The van der Waals surface area contributed by atoms with E-state index in [0.717, 1.165) is 29.9 Å². The predicted octanol–water partition coefficient (Wildman–Crippen LogP) is 1.95. The van der Waals surface area contributed by atoms with Gasteiger partial charge in [-0.2, -0.15) is 0 Å². The normalized spacial score (nSPS) is 21.3. The largest absolute Gasteiger partial charge is 0.342 e. The van der Waals surface area contributed by atoms with Crippen molar-refractivity contribution in [2.75, 3.05) is 13.1 Å². The van der Waals surface area contributed by atoms with Crippen LogP contribution in [0, 0.1) is 6.92 Å². The number of nitrogens with zero attached hydrogens (tertiary/aromatic N) is 1. The quantitative estimate of drug-likeness (QED) is 0.740. The van der Waals surface area contributed by atoms with Crippen LogP contribution in [-0.4, -0.2) is 23.1 Å². The average molecular weight is 201 g/mol. The molecule has 2 heterocycles. The highest BCUT2D eigenvalue weighted by atomic mass is 15.0. The highest BCUT2D eigenvalue weighted by Gasteiger charge is 2.19. The van der Waals surface area contributed by atoms with Crippen LogP contribution in [0.2, 0.25) is 0 Å². The molecule has 0 radical (unpaired) electrons. The van der Waals surface area contributed by atoms with E-state index < -0.39 is 0 Å². The first-order valence-electron chi connectivity index (χ1n) is 5.50. The van der Waals surface area contributed by atoms with E-state index in [1.807, 2.05) is 0 Å². The molecule has 1 aliphatic rings. The molecule has 3 nitrogen and oxygen atoms in total. The number of hydrogen-bond acceptors (Lipinski definition) is 2. The highest BCUT2D eigenvalue weighted by molar-refractivity contribution is 5.78. The van der Waals surface area contributed by atoms with E-state index in [9.17, 15) is 0 Å². The van der Waals surface area contributed by atoms with Gasteiger partial charge in [0.05, 0.1) is 11.0 Å².